The summed E-state index contributed by atoms with van der Waals surface area (Å²) in [4.78, 5) is 58.9. The number of nitrogens with one attached hydrogen (secondary N) is 3. The van der Waals surface area contributed by atoms with Crippen molar-refractivity contribution >= 4 is 46.0 Å². The van der Waals surface area contributed by atoms with Crippen LogP contribution < -0.4 is 15.5 Å². The van der Waals surface area contributed by atoms with Crippen LogP contribution in [0.4, 0.5) is 15.8 Å². The zero-order valence-corrected chi connectivity index (χ0v) is 21.2. The minimum absolute atomic E-state index is 0.0455. The molecule has 40 heavy (non-hydrogen) atoms. The number of hydrogen-bond acceptors (Lipinski definition) is 6. The molecule has 3 amide bonds. The molecule has 0 unspecified atom stereocenters. The molecule has 4 aromatic rings. The fourth-order valence-corrected chi connectivity index (χ4v) is 6.67. The Balaban J connectivity index is 1.40. The summed E-state index contributed by atoms with van der Waals surface area (Å²) in [7, 11) is 1.21. The molecule has 9 nitrogen and oxygen atoms in total. The number of anilines is 2. The number of hydrogen-bond donors (Lipinski definition) is 3. The lowest BCUT2D eigenvalue weighted by Crippen LogP contribution is -2.53. The van der Waals surface area contributed by atoms with Crippen LogP contribution in [-0.2, 0) is 31.1 Å². The number of esters is 1. The lowest BCUT2D eigenvalue weighted by Gasteiger charge is -2.30. The van der Waals surface area contributed by atoms with Crippen molar-refractivity contribution in [2.24, 2.45) is 11.8 Å². The number of carbonyl (C=O) groups is 4. The fraction of sp³-hybridized carbons (Fsp3) is 0.200. The summed E-state index contributed by atoms with van der Waals surface area (Å²) in [6.07, 6.45) is 2.16. The molecule has 3 aliphatic heterocycles. The van der Waals surface area contributed by atoms with Crippen LogP contribution in [0.5, 0.6) is 0 Å². The van der Waals surface area contributed by atoms with Crippen molar-refractivity contribution in [3.05, 3.63) is 95.4 Å². The molecule has 0 aliphatic carbocycles. The SMILES string of the molecule is COC(=O)c1ccccc1N1C(=O)[C@H]2[C@@H](C1=O)[C@]1(N[C@@H]2Cc2c[nH]c3ccccc23)C(=O)Nc2ccc(F)cc21. The Morgan fingerprint density at radius 3 is 2.62 bits per heavy atom. The number of amides is 3. The topological polar surface area (TPSA) is 121 Å². The highest BCUT2D eigenvalue weighted by Crippen LogP contribution is 2.54. The Labute approximate surface area is 227 Å². The molecule has 10 heteroatoms. The lowest BCUT2D eigenvalue weighted by atomic mass is 9.76. The van der Waals surface area contributed by atoms with Gasteiger partial charge in [-0.1, -0.05) is 30.3 Å². The summed E-state index contributed by atoms with van der Waals surface area (Å²) >= 11 is 0. The van der Waals surface area contributed by atoms with Gasteiger partial charge in [-0.25, -0.2) is 14.1 Å². The van der Waals surface area contributed by atoms with Gasteiger partial charge in [0.15, 0.2) is 0 Å². The van der Waals surface area contributed by atoms with Crippen LogP contribution in [0.15, 0.2) is 72.9 Å². The van der Waals surface area contributed by atoms with E-state index in [2.05, 4.69) is 15.6 Å². The molecule has 4 heterocycles. The van der Waals surface area contributed by atoms with E-state index in [1.807, 2.05) is 30.5 Å². The van der Waals surface area contributed by atoms with Crippen LogP contribution in [0, 0.1) is 17.7 Å². The lowest BCUT2D eigenvalue weighted by molar-refractivity contribution is -0.130. The van der Waals surface area contributed by atoms with Crippen LogP contribution in [0.25, 0.3) is 10.9 Å². The second-order valence-corrected chi connectivity index (χ2v) is 10.3. The normalized spacial score (nSPS) is 25.0. The predicted octanol–water partition coefficient (Wildman–Crippen LogP) is 3.26. The van der Waals surface area contributed by atoms with Crippen molar-refractivity contribution in [1.82, 2.24) is 10.3 Å². The largest absolute Gasteiger partial charge is 0.465 e. The molecule has 0 saturated carbocycles. The third-order valence-corrected chi connectivity index (χ3v) is 8.34. The zero-order chi connectivity index (χ0) is 27.8. The molecular formula is C30H23FN4O5. The number of aromatic nitrogens is 1. The monoisotopic (exact) mass is 538 g/mol. The smallest absolute Gasteiger partial charge is 0.339 e. The number of imide groups is 1. The number of methoxy groups -OCH3 is 1. The molecule has 0 radical (unpaired) electrons. The summed E-state index contributed by atoms with van der Waals surface area (Å²) in [5, 5.41) is 7.06. The highest BCUT2D eigenvalue weighted by atomic mass is 19.1. The maximum atomic E-state index is 14.6. The Morgan fingerprint density at radius 1 is 1.02 bits per heavy atom. The van der Waals surface area contributed by atoms with Crippen LogP contribution in [0.2, 0.25) is 0 Å². The number of H-pyrrole nitrogens is 1. The second-order valence-electron chi connectivity index (χ2n) is 10.3. The van der Waals surface area contributed by atoms with Crippen molar-refractivity contribution in [3.8, 4) is 0 Å². The standard InChI is InChI=1S/C30H23FN4O5/c1-40-28(38)18-7-3-5-9-23(18)35-26(36)24-22(12-15-14-32-20-8-4-2-6-17(15)20)34-30(25(24)27(35)37)19-13-16(31)10-11-21(19)33-29(30)39/h2-11,13-14,22,24-25,32,34H,12H2,1H3,(H,33,39)/t22-,24-,25+,30+/m1/s1. The van der Waals surface area contributed by atoms with Gasteiger partial charge >= 0.3 is 5.97 Å². The number of halogens is 1. The van der Waals surface area contributed by atoms with Gasteiger partial charge in [0.1, 0.15) is 11.4 Å². The number of benzene rings is 3. The first-order chi connectivity index (χ1) is 19.3. The van der Waals surface area contributed by atoms with Gasteiger partial charge in [-0.15, -0.1) is 0 Å². The van der Waals surface area contributed by atoms with E-state index in [1.54, 1.807) is 12.1 Å². The molecule has 200 valence electrons. The maximum Gasteiger partial charge on any atom is 0.339 e. The zero-order valence-electron chi connectivity index (χ0n) is 21.2. The number of ether oxygens (including phenoxy) is 1. The van der Waals surface area contributed by atoms with E-state index in [9.17, 15) is 23.6 Å². The Kier molecular flexibility index (Phi) is 5.20. The van der Waals surface area contributed by atoms with Crippen molar-refractivity contribution < 1.29 is 28.3 Å². The number of nitrogens with zero attached hydrogens (tertiary/aromatic N) is 1. The molecule has 3 N–H and O–H groups in total. The van der Waals surface area contributed by atoms with E-state index in [0.717, 1.165) is 21.4 Å². The van der Waals surface area contributed by atoms with E-state index in [-0.39, 0.29) is 16.8 Å². The van der Waals surface area contributed by atoms with Crippen LogP contribution >= 0.6 is 0 Å². The first-order valence-corrected chi connectivity index (χ1v) is 12.8. The summed E-state index contributed by atoms with van der Waals surface area (Å²) < 4.78 is 19.5. The van der Waals surface area contributed by atoms with Crippen LogP contribution in [-0.4, -0.2) is 41.8 Å². The number of carbonyl (C=O) groups excluding carboxylic acids is 4. The van der Waals surface area contributed by atoms with E-state index in [0.29, 0.717) is 12.1 Å². The number of para-hydroxylation sites is 2. The number of fused-ring (bicyclic) bond motifs is 5. The molecule has 2 fully saturated rings. The van der Waals surface area contributed by atoms with E-state index >= 15 is 0 Å². The van der Waals surface area contributed by atoms with Crippen molar-refractivity contribution in [1.29, 1.82) is 0 Å². The molecule has 1 spiro atoms. The van der Waals surface area contributed by atoms with Gasteiger partial charge in [0.25, 0.3) is 0 Å². The van der Waals surface area contributed by atoms with Crippen LogP contribution in [0.1, 0.15) is 21.5 Å². The third kappa shape index (κ3) is 3.16. The minimum Gasteiger partial charge on any atom is -0.465 e. The fourth-order valence-electron chi connectivity index (χ4n) is 6.67. The van der Waals surface area contributed by atoms with Gasteiger partial charge in [-0.05, 0) is 48.4 Å². The van der Waals surface area contributed by atoms with Gasteiger partial charge < -0.3 is 15.0 Å². The molecule has 7 rings (SSSR count). The molecule has 3 aliphatic rings. The van der Waals surface area contributed by atoms with E-state index in [1.165, 1.54) is 37.4 Å². The summed E-state index contributed by atoms with van der Waals surface area (Å²) in [6, 6.07) is 17.2. The molecule has 0 bridgehead atoms. The van der Waals surface area contributed by atoms with E-state index < -0.39 is 52.9 Å². The third-order valence-electron chi connectivity index (χ3n) is 8.34. The van der Waals surface area contributed by atoms with E-state index in [4.69, 9.17) is 4.74 Å². The van der Waals surface area contributed by atoms with Gasteiger partial charge in [0.2, 0.25) is 17.7 Å². The molecule has 1 aromatic heterocycles. The van der Waals surface area contributed by atoms with Crippen molar-refractivity contribution in [2.45, 2.75) is 18.0 Å². The van der Waals surface area contributed by atoms with Gasteiger partial charge in [0, 0.05) is 34.4 Å². The quantitative estimate of drug-likeness (QED) is 0.271. The summed E-state index contributed by atoms with van der Waals surface area (Å²) in [6.45, 7) is 0. The first-order valence-electron chi connectivity index (χ1n) is 12.8. The van der Waals surface area contributed by atoms with Crippen molar-refractivity contribution in [2.75, 3.05) is 17.3 Å². The first kappa shape index (κ1) is 24.2. The van der Waals surface area contributed by atoms with Gasteiger partial charge in [-0.2, -0.15) is 0 Å². The average Bonchev–Trinajstić information content (AvgIpc) is 3.67. The van der Waals surface area contributed by atoms with Gasteiger partial charge in [-0.3, -0.25) is 19.7 Å². The van der Waals surface area contributed by atoms with Crippen molar-refractivity contribution in [3.63, 3.8) is 0 Å². The summed E-state index contributed by atoms with van der Waals surface area (Å²) in [5.74, 6) is -5.14. The maximum absolute atomic E-state index is 14.6. The predicted molar refractivity (Wildman–Crippen MR) is 143 cm³/mol. The molecule has 3 aromatic carbocycles. The number of rotatable bonds is 4. The summed E-state index contributed by atoms with van der Waals surface area (Å²) in [5.41, 5.74) is 0.908. The molecular weight excluding hydrogens is 515 g/mol. The second kappa shape index (κ2) is 8.59. The molecule has 4 atom stereocenters. The molecule has 2 saturated heterocycles. The van der Waals surface area contributed by atoms with Gasteiger partial charge in [0.05, 0.1) is 30.2 Å². The van der Waals surface area contributed by atoms with Crippen LogP contribution in [0.3, 0.4) is 0 Å². The Morgan fingerprint density at radius 2 is 1.80 bits per heavy atom. The highest BCUT2D eigenvalue weighted by molar-refractivity contribution is 6.27. The number of aromatic amines is 1. The average molecular weight is 539 g/mol. The highest BCUT2D eigenvalue weighted by Gasteiger charge is 2.70. The minimum atomic E-state index is -1.68. The Bertz CT molecular complexity index is 1770. The Hall–Kier alpha value is -4.83.